The van der Waals surface area contributed by atoms with Crippen molar-refractivity contribution in [3.63, 3.8) is 0 Å². The molecular formula is C11H15NO3. The van der Waals surface area contributed by atoms with E-state index in [0.29, 0.717) is 25.3 Å². The molecule has 4 heteroatoms. The number of nitrogen functional groups attached to an aromatic ring is 1. The first kappa shape index (κ1) is 11.4. The molecule has 0 saturated heterocycles. The molecule has 1 aromatic rings. The Morgan fingerprint density at radius 2 is 1.93 bits per heavy atom. The Morgan fingerprint density at radius 1 is 1.27 bits per heavy atom. The summed E-state index contributed by atoms with van der Waals surface area (Å²) in [6.07, 6.45) is 0.684. The van der Waals surface area contributed by atoms with Crippen LogP contribution in [-0.2, 0) is 9.53 Å². The van der Waals surface area contributed by atoms with Crippen LogP contribution in [-0.4, -0.2) is 19.2 Å². The molecule has 82 valence electrons. The Hall–Kier alpha value is -1.71. The second-order valence-electron chi connectivity index (χ2n) is 3.11. The van der Waals surface area contributed by atoms with Gasteiger partial charge in [0, 0.05) is 19.0 Å². The number of ether oxygens (including phenoxy) is 2. The lowest BCUT2D eigenvalue weighted by atomic mass is 10.3. The van der Waals surface area contributed by atoms with Gasteiger partial charge >= 0.3 is 5.97 Å². The molecule has 0 aromatic heterocycles. The number of hydrogen-bond acceptors (Lipinski definition) is 4. The third kappa shape index (κ3) is 4.90. The van der Waals surface area contributed by atoms with Crippen LogP contribution >= 0.6 is 0 Å². The van der Waals surface area contributed by atoms with Crippen LogP contribution in [0.2, 0.25) is 0 Å². The summed E-state index contributed by atoms with van der Waals surface area (Å²) < 4.78 is 10.2. The molecule has 0 aliphatic carbocycles. The average molecular weight is 209 g/mol. The van der Waals surface area contributed by atoms with Crippen molar-refractivity contribution in [3.05, 3.63) is 24.3 Å². The lowest BCUT2D eigenvalue weighted by Gasteiger charge is -2.06. The topological polar surface area (TPSA) is 61.5 Å². The number of benzene rings is 1. The number of carbonyl (C=O) groups is 1. The summed E-state index contributed by atoms with van der Waals surface area (Å²) in [5, 5.41) is 0. The first-order valence-electron chi connectivity index (χ1n) is 4.80. The predicted molar refractivity (Wildman–Crippen MR) is 57.6 cm³/mol. The third-order valence-corrected chi connectivity index (χ3v) is 1.74. The first-order valence-corrected chi connectivity index (χ1v) is 4.80. The zero-order chi connectivity index (χ0) is 11.1. The summed E-state index contributed by atoms with van der Waals surface area (Å²) in [4.78, 5) is 10.4. The largest absolute Gasteiger partial charge is 0.493 e. The maximum Gasteiger partial charge on any atom is 0.302 e. The minimum Gasteiger partial charge on any atom is -0.493 e. The van der Waals surface area contributed by atoms with Gasteiger partial charge in [-0.15, -0.1) is 0 Å². The van der Waals surface area contributed by atoms with Crippen molar-refractivity contribution >= 4 is 11.7 Å². The van der Waals surface area contributed by atoms with E-state index in [0.717, 1.165) is 5.75 Å². The van der Waals surface area contributed by atoms with E-state index in [1.54, 1.807) is 24.3 Å². The van der Waals surface area contributed by atoms with E-state index >= 15 is 0 Å². The van der Waals surface area contributed by atoms with Crippen LogP contribution in [0.15, 0.2) is 24.3 Å². The molecule has 0 bridgehead atoms. The SMILES string of the molecule is CC(=O)OCCCOc1ccc(N)cc1. The van der Waals surface area contributed by atoms with E-state index in [-0.39, 0.29) is 5.97 Å². The molecule has 2 N–H and O–H groups in total. The molecule has 0 unspecified atom stereocenters. The lowest BCUT2D eigenvalue weighted by Crippen LogP contribution is -2.05. The van der Waals surface area contributed by atoms with Gasteiger partial charge in [-0.2, -0.15) is 0 Å². The second-order valence-corrected chi connectivity index (χ2v) is 3.11. The van der Waals surface area contributed by atoms with E-state index in [1.165, 1.54) is 6.92 Å². The van der Waals surface area contributed by atoms with Crippen molar-refractivity contribution in [1.82, 2.24) is 0 Å². The van der Waals surface area contributed by atoms with Gasteiger partial charge in [-0.05, 0) is 24.3 Å². The molecule has 0 fully saturated rings. The highest BCUT2D eigenvalue weighted by molar-refractivity contribution is 5.65. The number of anilines is 1. The Morgan fingerprint density at radius 3 is 2.53 bits per heavy atom. The number of nitrogens with two attached hydrogens (primary N) is 1. The molecule has 0 heterocycles. The summed E-state index contributed by atoms with van der Waals surface area (Å²) in [7, 11) is 0. The molecule has 0 radical (unpaired) electrons. The molecule has 0 amide bonds. The maximum atomic E-state index is 10.4. The van der Waals surface area contributed by atoms with Crippen molar-refractivity contribution in [2.24, 2.45) is 0 Å². The fourth-order valence-corrected chi connectivity index (χ4v) is 1.03. The van der Waals surface area contributed by atoms with Gasteiger partial charge in [0.15, 0.2) is 0 Å². The molecule has 0 saturated carbocycles. The highest BCUT2D eigenvalue weighted by Crippen LogP contribution is 2.12. The van der Waals surface area contributed by atoms with Gasteiger partial charge < -0.3 is 15.2 Å². The Labute approximate surface area is 89.0 Å². The Kier molecular flexibility index (Phi) is 4.47. The number of rotatable bonds is 5. The van der Waals surface area contributed by atoms with E-state index in [9.17, 15) is 4.79 Å². The number of carbonyl (C=O) groups excluding carboxylic acids is 1. The Balaban J connectivity index is 2.15. The zero-order valence-corrected chi connectivity index (χ0v) is 8.73. The molecule has 0 spiro atoms. The van der Waals surface area contributed by atoms with Crippen LogP contribution in [0.25, 0.3) is 0 Å². The number of esters is 1. The standard InChI is InChI=1S/C11H15NO3/c1-9(13)14-7-2-8-15-11-5-3-10(12)4-6-11/h3-6H,2,7-8,12H2,1H3. The van der Waals surface area contributed by atoms with Crippen LogP contribution in [0.4, 0.5) is 5.69 Å². The summed E-state index contributed by atoms with van der Waals surface area (Å²) in [6, 6.07) is 7.17. The quantitative estimate of drug-likeness (QED) is 0.454. The smallest absolute Gasteiger partial charge is 0.302 e. The monoisotopic (exact) mass is 209 g/mol. The normalized spacial score (nSPS) is 9.67. The molecule has 1 rings (SSSR count). The van der Waals surface area contributed by atoms with Crippen molar-refractivity contribution in [3.8, 4) is 5.75 Å². The fraction of sp³-hybridized carbons (Fsp3) is 0.364. The van der Waals surface area contributed by atoms with E-state index < -0.39 is 0 Å². The summed E-state index contributed by atoms with van der Waals surface area (Å²) in [6.45, 7) is 2.31. The van der Waals surface area contributed by atoms with Gasteiger partial charge in [0.05, 0.1) is 13.2 Å². The van der Waals surface area contributed by atoms with Gasteiger partial charge in [-0.3, -0.25) is 4.79 Å². The minimum absolute atomic E-state index is 0.262. The van der Waals surface area contributed by atoms with Crippen LogP contribution in [0.3, 0.4) is 0 Å². The third-order valence-electron chi connectivity index (χ3n) is 1.74. The summed E-state index contributed by atoms with van der Waals surface area (Å²) in [5.74, 6) is 0.509. The minimum atomic E-state index is -0.262. The molecule has 0 aliphatic rings. The first-order chi connectivity index (χ1) is 7.18. The molecule has 0 aliphatic heterocycles. The van der Waals surface area contributed by atoms with Gasteiger partial charge in [0.1, 0.15) is 5.75 Å². The molecule has 1 aromatic carbocycles. The second kappa shape index (κ2) is 5.90. The summed E-state index contributed by atoms with van der Waals surface area (Å²) >= 11 is 0. The molecule has 0 atom stereocenters. The van der Waals surface area contributed by atoms with Crippen LogP contribution < -0.4 is 10.5 Å². The van der Waals surface area contributed by atoms with E-state index in [2.05, 4.69) is 0 Å². The highest BCUT2D eigenvalue weighted by atomic mass is 16.5. The van der Waals surface area contributed by atoms with Crippen molar-refractivity contribution < 1.29 is 14.3 Å². The molecular weight excluding hydrogens is 194 g/mol. The van der Waals surface area contributed by atoms with Gasteiger partial charge in [0.2, 0.25) is 0 Å². The van der Waals surface area contributed by atoms with Crippen LogP contribution in [0.1, 0.15) is 13.3 Å². The van der Waals surface area contributed by atoms with Crippen molar-refractivity contribution in [2.45, 2.75) is 13.3 Å². The maximum absolute atomic E-state index is 10.4. The molecule has 15 heavy (non-hydrogen) atoms. The zero-order valence-electron chi connectivity index (χ0n) is 8.73. The number of hydrogen-bond donors (Lipinski definition) is 1. The van der Waals surface area contributed by atoms with Crippen molar-refractivity contribution in [2.75, 3.05) is 18.9 Å². The summed E-state index contributed by atoms with van der Waals surface area (Å²) in [5.41, 5.74) is 6.23. The molecule has 4 nitrogen and oxygen atoms in total. The Bertz CT molecular complexity index is 308. The van der Waals surface area contributed by atoms with Gasteiger partial charge in [0.25, 0.3) is 0 Å². The average Bonchev–Trinajstić information content (AvgIpc) is 2.20. The van der Waals surface area contributed by atoms with E-state index in [1.807, 2.05) is 0 Å². The predicted octanol–water partition coefficient (Wildman–Crippen LogP) is 1.60. The lowest BCUT2D eigenvalue weighted by molar-refractivity contribution is -0.141. The van der Waals surface area contributed by atoms with Gasteiger partial charge in [-0.25, -0.2) is 0 Å². The van der Waals surface area contributed by atoms with Crippen LogP contribution in [0.5, 0.6) is 5.75 Å². The van der Waals surface area contributed by atoms with Gasteiger partial charge in [-0.1, -0.05) is 0 Å². The fourth-order valence-electron chi connectivity index (χ4n) is 1.03. The van der Waals surface area contributed by atoms with E-state index in [4.69, 9.17) is 15.2 Å². The van der Waals surface area contributed by atoms with Crippen molar-refractivity contribution in [1.29, 1.82) is 0 Å². The van der Waals surface area contributed by atoms with Crippen LogP contribution in [0, 0.1) is 0 Å². The highest BCUT2D eigenvalue weighted by Gasteiger charge is 1.95.